The first-order valence-electron chi connectivity index (χ1n) is 8.47. The maximum absolute atomic E-state index is 4.58. The second-order valence-electron chi connectivity index (χ2n) is 6.40. The van der Waals surface area contributed by atoms with Crippen molar-refractivity contribution in [2.75, 3.05) is 20.1 Å². The molecule has 5 heteroatoms. The van der Waals surface area contributed by atoms with E-state index in [1.165, 1.54) is 35.6 Å². The molecule has 1 aliphatic rings. The molecule has 1 fully saturated rings. The van der Waals surface area contributed by atoms with Crippen molar-refractivity contribution in [3.05, 3.63) is 15.6 Å². The van der Waals surface area contributed by atoms with E-state index in [2.05, 4.69) is 41.4 Å². The van der Waals surface area contributed by atoms with Gasteiger partial charge in [0.1, 0.15) is 0 Å². The Hall–Kier alpha value is -1.10. The van der Waals surface area contributed by atoms with E-state index in [0.717, 1.165) is 43.0 Å². The predicted octanol–water partition coefficient (Wildman–Crippen LogP) is 3.29. The zero-order valence-corrected chi connectivity index (χ0v) is 15.2. The summed E-state index contributed by atoms with van der Waals surface area (Å²) in [6, 6.07) is 0. The predicted molar refractivity (Wildman–Crippen MR) is 95.8 cm³/mol. The van der Waals surface area contributed by atoms with Crippen molar-refractivity contribution in [2.45, 2.75) is 52.9 Å². The third-order valence-corrected chi connectivity index (χ3v) is 5.88. The number of thiazole rings is 1. The first kappa shape index (κ1) is 17.3. The summed E-state index contributed by atoms with van der Waals surface area (Å²) >= 11 is 1.80. The largest absolute Gasteiger partial charge is 0.356 e. The highest BCUT2D eigenvalue weighted by Gasteiger charge is 2.21. The summed E-state index contributed by atoms with van der Waals surface area (Å²) in [5.74, 6) is 2.54. The number of guanidine groups is 1. The lowest BCUT2D eigenvalue weighted by molar-refractivity contribution is 0.256. The van der Waals surface area contributed by atoms with Crippen molar-refractivity contribution >= 4 is 17.3 Å². The standard InChI is InChI=1S/C17H30N4S/c1-12-7-5-6-8-15(12)11-20-17(18-4)19-10-9-16-21-13(2)14(3)22-16/h12,15H,5-11H2,1-4H3,(H2,18,19,20). The van der Waals surface area contributed by atoms with E-state index in [0.29, 0.717) is 0 Å². The zero-order valence-electron chi connectivity index (χ0n) is 14.4. The molecule has 0 radical (unpaired) electrons. The van der Waals surface area contributed by atoms with Crippen LogP contribution < -0.4 is 10.6 Å². The third kappa shape index (κ3) is 4.97. The van der Waals surface area contributed by atoms with Gasteiger partial charge in [0.05, 0.1) is 10.7 Å². The molecular formula is C17H30N4S. The van der Waals surface area contributed by atoms with Crippen molar-refractivity contribution in [1.82, 2.24) is 15.6 Å². The Morgan fingerprint density at radius 1 is 1.27 bits per heavy atom. The van der Waals surface area contributed by atoms with Gasteiger partial charge in [0.25, 0.3) is 0 Å². The Kier molecular flexibility index (Phi) is 6.68. The molecule has 0 aromatic carbocycles. The molecule has 1 heterocycles. The van der Waals surface area contributed by atoms with Crippen LogP contribution in [0.4, 0.5) is 0 Å². The van der Waals surface area contributed by atoms with Gasteiger partial charge in [-0.2, -0.15) is 0 Å². The van der Waals surface area contributed by atoms with E-state index in [1.807, 2.05) is 7.05 Å². The van der Waals surface area contributed by atoms with Gasteiger partial charge in [-0.1, -0.05) is 26.2 Å². The van der Waals surface area contributed by atoms with E-state index < -0.39 is 0 Å². The first-order chi connectivity index (χ1) is 10.6. The summed E-state index contributed by atoms with van der Waals surface area (Å²) < 4.78 is 0. The Balaban J connectivity index is 1.70. The van der Waals surface area contributed by atoms with Crippen LogP contribution in [0.25, 0.3) is 0 Å². The van der Waals surface area contributed by atoms with Crippen LogP contribution in [0, 0.1) is 25.7 Å². The molecule has 4 nitrogen and oxygen atoms in total. The van der Waals surface area contributed by atoms with Crippen molar-refractivity contribution in [2.24, 2.45) is 16.8 Å². The SMILES string of the molecule is CN=C(NCCc1nc(C)c(C)s1)NCC1CCCCC1C. The molecule has 1 aliphatic carbocycles. The quantitative estimate of drug-likeness (QED) is 0.646. The van der Waals surface area contributed by atoms with E-state index in [-0.39, 0.29) is 0 Å². The lowest BCUT2D eigenvalue weighted by Gasteiger charge is -2.29. The number of aromatic nitrogens is 1. The minimum Gasteiger partial charge on any atom is -0.356 e. The Morgan fingerprint density at radius 3 is 2.68 bits per heavy atom. The molecule has 1 aromatic heterocycles. The average Bonchev–Trinajstić information content (AvgIpc) is 2.82. The second kappa shape index (κ2) is 8.51. The average molecular weight is 323 g/mol. The van der Waals surface area contributed by atoms with E-state index in [4.69, 9.17) is 0 Å². The maximum atomic E-state index is 4.58. The first-order valence-corrected chi connectivity index (χ1v) is 9.29. The molecular weight excluding hydrogens is 292 g/mol. The molecule has 0 saturated heterocycles. The van der Waals surface area contributed by atoms with E-state index >= 15 is 0 Å². The zero-order chi connectivity index (χ0) is 15.9. The van der Waals surface area contributed by atoms with Crippen molar-refractivity contribution in [1.29, 1.82) is 0 Å². The number of rotatable bonds is 5. The summed E-state index contributed by atoms with van der Waals surface area (Å²) in [5, 5.41) is 8.11. The fourth-order valence-corrected chi connectivity index (χ4v) is 4.01. The molecule has 124 valence electrons. The molecule has 2 rings (SSSR count). The number of nitrogens with zero attached hydrogens (tertiary/aromatic N) is 2. The normalized spacial score (nSPS) is 22.6. The lowest BCUT2D eigenvalue weighted by Crippen LogP contribution is -2.42. The van der Waals surface area contributed by atoms with Crippen LogP contribution in [0.15, 0.2) is 4.99 Å². The van der Waals surface area contributed by atoms with E-state index in [9.17, 15) is 0 Å². The molecule has 22 heavy (non-hydrogen) atoms. The minimum absolute atomic E-state index is 0.788. The van der Waals surface area contributed by atoms with Crippen LogP contribution in [-0.2, 0) is 6.42 Å². The molecule has 0 spiro atoms. The highest BCUT2D eigenvalue weighted by Crippen LogP contribution is 2.28. The monoisotopic (exact) mass is 322 g/mol. The van der Waals surface area contributed by atoms with Crippen LogP contribution in [0.5, 0.6) is 0 Å². The van der Waals surface area contributed by atoms with Crippen LogP contribution in [0.2, 0.25) is 0 Å². The molecule has 0 amide bonds. The number of aliphatic imine (C=N–C) groups is 1. The topological polar surface area (TPSA) is 49.3 Å². The van der Waals surface area contributed by atoms with Gasteiger partial charge in [-0.15, -0.1) is 11.3 Å². The van der Waals surface area contributed by atoms with Gasteiger partial charge in [-0.25, -0.2) is 4.98 Å². The number of aryl methyl sites for hydroxylation is 2. The van der Waals surface area contributed by atoms with Gasteiger partial charge in [-0.3, -0.25) is 4.99 Å². The number of hydrogen-bond acceptors (Lipinski definition) is 3. The summed E-state index contributed by atoms with van der Waals surface area (Å²) in [7, 11) is 1.84. The summed E-state index contributed by atoms with van der Waals surface area (Å²) in [6.45, 7) is 8.52. The van der Waals surface area contributed by atoms with Gasteiger partial charge in [0, 0.05) is 31.4 Å². The highest BCUT2D eigenvalue weighted by atomic mass is 32.1. The van der Waals surface area contributed by atoms with Crippen LogP contribution in [-0.4, -0.2) is 31.1 Å². The van der Waals surface area contributed by atoms with Crippen molar-refractivity contribution in [3.8, 4) is 0 Å². The Labute approximate surface area is 138 Å². The molecule has 2 N–H and O–H groups in total. The van der Waals surface area contributed by atoms with Crippen LogP contribution >= 0.6 is 11.3 Å². The Bertz CT molecular complexity index is 475. The van der Waals surface area contributed by atoms with Gasteiger partial charge >= 0.3 is 0 Å². The number of nitrogens with one attached hydrogen (secondary N) is 2. The molecule has 0 bridgehead atoms. The smallest absolute Gasteiger partial charge is 0.190 e. The molecule has 2 unspecified atom stereocenters. The fraction of sp³-hybridized carbons (Fsp3) is 0.765. The van der Waals surface area contributed by atoms with Gasteiger partial charge in [0.2, 0.25) is 0 Å². The highest BCUT2D eigenvalue weighted by molar-refractivity contribution is 7.11. The summed E-state index contributed by atoms with van der Waals surface area (Å²) in [6.07, 6.45) is 6.46. The van der Waals surface area contributed by atoms with E-state index in [1.54, 1.807) is 11.3 Å². The molecule has 2 atom stereocenters. The second-order valence-corrected chi connectivity index (χ2v) is 7.69. The third-order valence-electron chi connectivity index (χ3n) is 4.75. The molecule has 0 aliphatic heterocycles. The van der Waals surface area contributed by atoms with Crippen LogP contribution in [0.1, 0.15) is 48.2 Å². The Morgan fingerprint density at radius 2 is 2.05 bits per heavy atom. The minimum atomic E-state index is 0.788. The van der Waals surface area contributed by atoms with Gasteiger partial charge in [-0.05, 0) is 32.1 Å². The molecule has 1 aromatic rings. The summed E-state index contributed by atoms with van der Waals surface area (Å²) in [5.41, 5.74) is 1.16. The fourth-order valence-electron chi connectivity index (χ4n) is 3.08. The van der Waals surface area contributed by atoms with Crippen molar-refractivity contribution < 1.29 is 0 Å². The summed E-state index contributed by atoms with van der Waals surface area (Å²) in [4.78, 5) is 10.2. The van der Waals surface area contributed by atoms with Crippen LogP contribution in [0.3, 0.4) is 0 Å². The van der Waals surface area contributed by atoms with Gasteiger partial charge in [0.15, 0.2) is 5.96 Å². The van der Waals surface area contributed by atoms with Crippen molar-refractivity contribution in [3.63, 3.8) is 0 Å². The van der Waals surface area contributed by atoms with Gasteiger partial charge < -0.3 is 10.6 Å². The lowest BCUT2D eigenvalue weighted by atomic mass is 9.80. The number of hydrogen-bond donors (Lipinski definition) is 2. The maximum Gasteiger partial charge on any atom is 0.190 e. The molecule has 1 saturated carbocycles.